The van der Waals surface area contributed by atoms with E-state index < -0.39 is 23.9 Å². The number of hydrogen-bond donors (Lipinski definition) is 1. The van der Waals surface area contributed by atoms with E-state index in [2.05, 4.69) is 23.9 Å². The molecule has 0 heterocycles. The van der Waals surface area contributed by atoms with E-state index in [0.717, 1.165) is 38.5 Å². The molecule has 1 atom stereocenters. The lowest BCUT2D eigenvalue weighted by atomic mass is 10.0. The molecule has 1 N–H and O–H groups in total. The van der Waals surface area contributed by atoms with Crippen molar-refractivity contribution in [3.8, 4) is 0 Å². The van der Waals surface area contributed by atoms with Crippen LogP contribution in [0.5, 0.6) is 0 Å². The molecule has 8 nitrogen and oxygen atoms in total. The molecule has 0 aliphatic carbocycles. The van der Waals surface area contributed by atoms with Gasteiger partial charge in [0.25, 0.3) is 0 Å². The first-order chi connectivity index (χ1) is 24.4. The lowest BCUT2D eigenvalue weighted by Crippen LogP contribution is -2.42. The highest BCUT2D eigenvalue weighted by Gasteiger charge is 2.24. The number of methoxy groups -OCH3 is 1. The van der Waals surface area contributed by atoms with Crippen LogP contribution < -0.4 is 5.32 Å². The summed E-state index contributed by atoms with van der Waals surface area (Å²) in [6, 6.07) is -0.958. The quantitative estimate of drug-likeness (QED) is 0.0386. The average molecular weight is 710 g/mol. The molecule has 0 saturated heterocycles. The number of carbonyl (C=O) groups is 4. The number of esters is 3. The fraction of sp³-hybridized carbons (Fsp3) is 0.905. The molecule has 1 unspecified atom stereocenters. The molecule has 294 valence electrons. The van der Waals surface area contributed by atoms with E-state index in [9.17, 15) is 19.2 Å². The SMILES string of the molecule is CCCCCCCCCCCCCCCCOC(=O)CCC(NC(=O)CCC(=O)OC)C(=O)OCCCCCCCCCCCCCCCC. The lowest BCUT2D eigenvalue weighted by Gasteiger charge is -2.17. The summed E-state index contributed by atoms with van der Waals surface area (Å²) in [6.45, 7) is 5.17. The predicted octanol–water partition coefficient (Wildman–Crippen LogP) is 11.3. The number of nitrogens with one attached hydrogen (secondary N) is 1. The molecule has 0 bridgehead atoms. The number of rotatable bonds is 38. The summed E-state index contributed by atoms with van der Waals surface area (Å²) in [5, 5.41) is 2.65. The van der Waals surface area contributed by atoms with Gasteiger partial charge in [-0.3, -0.25) is 14.4 Å². The maximum Gasteiger partial charge on any atom is 0.328 e. The second-order valence-corrected chi connectivity index (χ2v) is 14.3. The van der Waals surface area contributed by atoms with E-state index in [-0.39, 0.29) is 38.3 Å². The maximum absolute atomic E-state index is 12.8. The molecule has 0 aromatic rings. The summed E-state index contributed by atoms with van der Waals surface area (Å²) in [6.07, 6.45) is 35.1. The second kappa shape index (κ2) is 38.1. The van der Waals surface area contributed by atoms with Crippen LogP contribution in [0.2, 0.25) is 0 Å². The Labute approximate surface area is 307 Å². The number of hydrogen-bond acceptors (Lipinski definition) is 7. The monoisotopic (exact) mass is 710 g/mol. The summed E-state index contributed by atoms with van der Waals surface area (Å²) >= 11 is 0. The molecule has 0 fully saturated rings. The molecule has 0 aliphatic heterocycles. The van der Waals surface area contributed by atoms with E-state index in [0.29, 0.717) is 6.61 Å². The summed E-state index contributed by atoms with van der Waals surface area (Å²) < 4.78 is 15.5. The van der Waals surface area contributed by atoms with E-state index in [1.807, 2.05) is 0 Å². The summed E-state index contributed by atoms with van der Waals surface area (Å²) in [5.74, 6) is -1.88. The van der Waals surface area contributed by atoms with Crippen molar-refractivity contribution in [1.82, 2.24) is 5.32 Å². The number of amides is 1. The van der Waals surface area contributed by atoms with E-state index in [1.54, 1.807) is 0 Å². The fourth-order valence-electron chi connectivity index (χ4n) is 6.22. The highest BCUT2D eigenvalue weighted by atomic mass is 16.5. The van der Waals surface area contributed by atoms with Crippen LogP contribution in [0.3, 0.4) is 0 Å². The lowest BCUT2D eigenvalue weighted by molar-refractivity contribution is -0.149. The Morgan fingerprint density at radius 2 is 0.800 bits per heavy atom. The molecule has 0 rings (SSSR count). The standard InChI is InChI=1S/C42H79NO7/c1-4-6-8-10-12-14-16-18-20-22-24-26-28-30-36-49-41(46)34-32-38(43-39(44)33-35-40(45)48-3)42(47)50-37-31-29-27-25-23-21-19-17-15-13-11-9-7-5-2/h38H,4-37H2,1-3H3,(H,43,44). The van der Waals surface area contributed by atoms with Gasteiger partial charge in [-0.2, -0.15) is 0 Å². The Bertz CT molecular complexity index is 803. The predicted molar refractivity (Wildman–Crippen MR) is 205 cm³/mol. The van der Waals surface area contributed by atoms with Crippen LogP contribution in [0.15, 0.2) is 0 Å². The van der Waals surface area contributed by atoms with Gasteiger partial charge in [0.15, 0.2) is 0 Å². The molecule has 0 saturated carbocycles. The molecular weight excluding hydrogens is 630 g/mol. The van der Waals surface area contributed by atoms with Gasteiger partial charge in [0.05, 0.1) is 26.7 Å². The molecule has 0 radical (unpaired) electrons. The van der Waals surface area contributed by atoms with Crippen molar-refractivity contribution in [1.29, 1.82) is 0 Å². The van der Waals surface area contributed by atoms with Crippen molar-refractivity contribution in [2.24, 2.45) is 0 Å². The van der Waals surface area contributed by atoms with Crippen molar-refractivity contribution >= 4 is 23.8 Å². The Balaban J connectivity index is 4.12. The van der Waals surface area contributed by atoms with Crippen LogP contribution in [0.1, 0.15) is 219 Å². The van der Waals surface area contributed by atoms with Crippen molar-refractivity contribution in [2.45, 2.75) is 225 Å². The zero-order valence-electron chi connectivity index (χ0n) is 33.0. The van der Waals surface area contributed by atoms with Crippen molar-refractivity contribution < 1.29 is 33.4 Å². The topological polar surface area (TPSA) is 108 Å². The highest BCUT2D eigenvalue weighted by molar-refractivity contribution is 5.86. The van der Waals surface area contributed by atoms with Gasteiger partial charge >= 0.3 is 17.9 Å². The zero-order valence-corrected chi connectivity index (χ0v) is 33.0. The van der Waals surface area contributed by atoms with E-state index >= 15 is 0 Å². The van der Waals surface area contributed by atoms with Gasteiger partial charge in [-0.05, 0) is 19.3 Å². The molecule has 0 aromatic carbocycles. The summed E-state index contributed by atoms with van der Waals surface area (Å²) in [5.41, 5.74) is 0. The summed E-state index contributed by atoms with van der Waals surface area (Å²) in [7, 11) is 1.27. The first-order valence-corrected chi connectivity index (χ1v) is 21.1. The van der Waals surface area contributed by atoms with Gasteiger partial charge in [0, 0.05) is 12.8 Å². The third-order valence-electron chi connectivity index (χ3n) is 9.54. The van der Waals surface area contributed by atoms with Crippen LogP contribution in [-0.2, 0) is 33.4 Å². The molecule has 0 aliphatic rings. The van der Waals surface area contributed by atoms with Crippen LogP contribution >= 0.6 is 0 Å². The first-order valence-electron chi connectivity index (χ1n) is 21.1. The number of ether oxygens (including phenoxy) is 3. The van der Waals surface area contributed by atoms with Gasteiger partial charge in [-0.1, -0.05) is 181 Å². The molecule has 50 heavy (non-hydrogen) atoms. The minimum Gasteiger partial charge on any atom is -0.469 e. The van der Waals surface area contributed by atoms with Crippen LogP contribution in [0.4, 0.5) is 0 Å². The average Bonchev–Trinajstić information content (AvgIpc) is 3.12. The molecule has 1 amide bonds. The Morgan fingerprint density at radius 3 is 1.18 bits per heavy atom. The van der Waals surface area contributed by atoms with Gasteiger partial charge in [-0.15, -0.1) is 0 Å². The maximum atomic E-state index is 12.8. The highest BCUT2D eigenvalue weighted by Crippen LogP contribution is 2.15. The van der Waals surface area contributed by atoms with Crippen molar-refractivity contribution in [2.75, 3.05) is 20.3 Å². The fourth-order valence-corrected chi connectivity index (χ4v) is 6.22. The largest absolute Gasteiger partial charge is 0.469 e. The van der Waals surface area contributed by atoms with Crippen LogP contribution in [0.25, 0.3) is 0 Å². The third-order valence-corrected chi connectivity index (χ3v) is 9.54. The van der Waals surface area contributed by atoms with Gasteiger partial charge in [0.2, 0.25) is 5.91 Å². The Hall–Kier alpha value is -2.12. The van der Waals surface area contributed by atoms with Crippen LogP contribution in [0, 0.1) is 0 Å². The molecule has 8 heteroatoms. The minimum absolute atomic E-state index is 0.00844. The van der Waals surface area contributed by atoms with E-state index in [4.69, 9.17) is 9.47 Å². The Kier molecular flexibility index (Phi) is 36.5. The van der Waals surface area contributed by atoms with Crippen LogP contribution in [-0.4, -0.2) is 50.2 Å². The number of carbonyl (C=O) groups excluding carboxylic acids is 4. The van der Waals surface area contributed by atoms with E-state index in [1.165, 1.54) is 148 Å². The first kappa shape index (κ1) is 47.9. The van der Waals surface area contributed by atoms with Gasteiger partial charge in [-0.25, -0.2) is 4.79 Å². The summed E-state index contributed by atoms with van der Waals surface area (Å²) in [4.78, 5) is 49.1. The number of unbranched alkanes of at least 4 members (excludes halogenated alkanes) is 26. The molecular formula is C42H79NO7. The Morgan fingerprint density at radius 1 is 0.440 bits per heavy atom. The van der Waals surface area contributed by atoms with Gasteiger partial charge in [0.1, 0.15) is 6.04 Å². The normalized spacial score (nSPS) is 11.7. The third kappa shape index (κ3) is 34.3. The minimum atomic E-state index is -0.958. The van der Waals surface area contributed by atoms with Gasteiger partial charge < -0.3 is 19.5 Å². The molecule has 0 aromatic heterocycles. The van der Waals surface area contributed by atoms with Crippen molar-refractivity contribution in [3.05, 3.63) is 0 Å². The zero-order chi connectivity index (χ0) is 36.8. The molecule has 0 spiro atoms. The smallest absolute Gasteiger partial charge is 0.328 e. The second-order valence-electron chi connectivity index (χ2n) is 14.3. The van der Waals surface area contributed by atoms with Crippen molar-refractivity contribution in [3.63, 3.8) is 0 Å².